The van der Waals surface area contributed by atoms with E-state index in [1.54, 1.807) is 6.08 Å². The highest BCUT2D eigenvalue weighted by molar-refractivity contribution is 5.47. The Hall–Kier alpha value is -1.92. The summed E-state index contributed by atoms with van der Waals surface area (Å²) in [6.07, 6.45) is 8.72. The summed E-state index contributed by atoms with van der Waals surface area (Å²) in [5, 5.41) is 0. The standard InChI is InChI=1S/C22H28F4O3/c23-20-18(27-14-5-10-16-6-1-2-7-16)11-12-19(21(20)29-22(24,25)26)28-15-13-17-8-3-4-9-17/h5,10-12,16-17H,1-4,6-9,13-15H2/b10-5+. The molecule has 0 N–H and O–H groups in total. The van der Waals surface area contributed by atoms with Crippen LogP contribution in [0.2, 0.25) is 0 Å². The summed E-state index contributed by atoms with van der Waals surface area (Å²) >= 11 is 0. The van der Waals surface area contributed by atoms with Gasteiger partial charge in [0.1, 0.15) is 6.61 Å². The van der Waals surface area contributed by atoms with Crippen LogP contribution in [0, 0.1) is 17.7 Å². The molecule has 2 aliphatic rings. The Labute approximate surface area is 169 Å². The molecule has 0 unspecified atom stereocenters. The molecule has 2 fully saturated rings. The summed E-state index contributed by atoms with van der Waals surface area (Å²) in [5.74, 6) is -1.70. The zero-order valence-corrected chi connectivity index (χ0v) is 16.5. The van der Waals surface area contributed by atoms with E-state index in [1.165, 1.54) is 37.8 Å². The summed E-state index contributed by atoms with van der Waals surface area (Å²) in [5.41, 5.74) is 0. The van der Waals surface area contributed by atoms with Gasteiger partial charge in [0, 0.05) is 0 Å². The van der Waals surface area contributed by atoms with Crippen molar-refractivity contribution >= 4 is 0 Å². The van der Waals surface area contributed by atoms with Gasteiger partial charge in [-0.25, -0.2) is 0 Å². The molecular formula is C22H28F4O3. The van der Waals surface area contributed by atoms with Crippen LogP contribution in [0.3, 0.4) is 0 Å². The molecule has 162 valence electrons. The minimum atomic E-state index is -5.02. The van der Waals surface area contributed by atoms with E-state index in [9.17, 15) is 17.6 Å². The van der Waals surface area contributed by atoms with Gasteiger partial charge in [0.2, 0.25) is 11.6 Å². The fraction of sp³-hybridized carbons (Fsp3) is 0.636. The number of rotatable bonds is 9. The van der Waals surface area contributed by atoms with Crippen LogP contribution in [0.15, 0.2) is 24.3 Å². The van der Waals surface area contributed by atoms with Crippen LogP contribution in [-0.4, -0.2) is 19.6 Å². The van der Waals surface area contributed by atoms with E-state index < -0.39 is 17.9 Å². The Bertz CT molecular complexity index is 675. The minimum Gasteiger partial charge on any atom is -0.490 e. The van der Waals surface area contributed by atoms with E-state index in [4.69, 9.17) is 9.47 Å². The fourth-order valence-electron chi connectivity index (χ4n) is 4.13. The largest absolute Gasteiger partial charge is 0.573 e. The maximum Gasteiger partial charge on any atom is 0.573 e. The van der Waals surface area contributed by atoms with Gasteiger partial charge in [-0.2, -0.15) is 4.39 Å². The molecule has 0 aromatic heterocycles. The van der Waals surface area contributed by atoms with Gasteiger partial charge in [-0.3, -0.25) is 0 Å². The normalized spacial score (nSPS) is 18.6. The average Bonchev–Trinajstić information content (AvgIpc) is 3.36. The third-order valence-corrected chi connectivity index (χ3v) is 5.64. The molecular weight excluding hydrogens is 388 g/mol. The van der Waals surface area contributed by atoms with Crippen molar-refractivity contribution in [2.75, 3.05) is 13.2 Å². The lowest BCUT2D eigenvalue weighted by molar-refractivity contribution is -0.276. The van der Waals surface area contributed by atoms with Crippen molar-refractivity contribution in [2.45, 2.75) is 64.1 Å². The quantitative estimate of drug-likeness (QED) is 0.327. The zero-order valence-electron chi connectivity index (χ0n) is 16.5. The SMILES string of the molecule is Fc1c(OC/C=C/C2CCCC2)ccc(OCCC2CCCC2)c1OC(F)(F)F. The first kappa shape index (κ1) is 21.8. The van der Waals surface area contributed by atoms with Crippen LogP contribution in [0.4, 0.5) is 17.6 Å². The lowest BCUT2D eigenvalue weighted by atomic mass is 10.1. The van der Waals surface area contributed by atoms with Crippen molar-refractivity contribution in [1.82, 2.24) is 0 Å². The van der Waals surface area contributed by atoms with Gasteiger partial charge in [-0.15, -0.1) is 13.2 Å². The van der Waals surface area contributed by atoms with Crippen LogP contribution in [0.1, 0.15) is 57.8 Å². The van der Waals surface area contributed by atoms with Crippen LogP contribution in [-0.2, 0) is 0 Å². The fourth-order valence-corrected chi connectivity index (χ4v) is 4.13. The predicted octanol–water partition coefficient (Wildman–Crippen LogP) is 6.81. The second-order valence-electron chi connectivity index (χ2n) is 7.82. The first-order valence-corrected chi connectivity index (χ1v) is 10.4. The Morgan fingerprint density at radius 3 is 2.28 bits per heavy atom. The highest BCUT2D eigenvalue weighted by Gasteiger charge is 2.35. The lowest BCUT2D eigenvalue weighted by Gasteiger charge is -2.17. The highest BCUT2D eigenvalue weighted by Crippen LogP contribution is 2.40. The minimum absolute atomic E-state index is 0.0841. The molecule has 2 aliphatic carbocycles. The molecule has 0 atom stereocenters. The van der Waals surface area contributed by atoms with Crippen molar-refractivity contribution in [3.8, 4) is 17.2 Å². The first-order valence-electron chi connectivity index (χ1n) is 10.4. The Morgan fingerprint density at radius 2 is 1.59 bits per heavy atom. The molecule has 0 saturated heterocycles. The lowest BCUT2D eigenvalue weighted by Crippen LogP contribution is -2.19. The number of benzene rings is 1. The van der Waals surface area contributed by atoms with Gasteiger partial charge >= 0.3 is 6.36 Å². The van der Waals surface area contributed by atoms with Gasteiger partial charge in [-0.05, 0) is 43.2 Å². The highest BCUT2D eigenvalue weighted by atomic mass is 19.4. The van der Waals surface area contributed by atoms with Crippen LogP contribution >= 0.6 is 0 Å². The van der Waals surface area contributed by atoms with Gasteiger partial charge in [0.15, 0.2) is 11.5 Å². The maximum atomic E-state index is 14.7. The summed E-state index contributed by atoms with van der Waals surface area (Å²) in [7, 11) is 0. The van der Waals surface area contributed by atoms with Crippen LogP contribution < -0.4 is 14.2 Å². The molecule has 0 heterocycles. The molecule has 3 rings (SSSR count). The molecule has 1 aromatic rings. The van der Waals surface area contributed by atoms with E-state index in [1.807, 2.05) is 6.08 Å². The molecule has 2 saturated carbocycles. The molecule has 3 nitrogen and oxygen atoms in total. The Morgan fingerprint density at radius 1 is 0.931 bits per heavy atom. The van der Waals surface area contributed by atoms with E-state index in [-0.39, 0.29) is 24.7 Å². The molecule has 0 spiro atoms. The van der Waals surface area contributed by atoms with Gasteiger partial charge in [0.05, 0.1) is 6.61 Å². The zero-order chi connectivity index (χ0) is 20.7. The topological polar surface area (TPSA) is 27.7 Å². The number of allylic oxidation sites excluding steroid dienone is 1. The van der Waals surface area contributed by atoms with Gasteiger partial charge < -0.3 is 14.2 Å². The van der Waals surface area contributed by atoms with Crippen molar-refractivity contribution in [3.05, 3.63) is 30.1 Å². The van der Waals surface area contributed by atoms with Crippen molar-refractivity contribution in [2.24, 2.45) is 11.8 Å². The monoisotopic (exact) mass is 416 g/mol. The summed E-state index contributed by atoms with van der Waals surface area (Å²) in [6, 6.07) is 2.56. The maximum absolute atomic E-state index is 14.7. The van der Waals surface area contributed by atoms with Crippen LogP contribution in [0.25, 0.3) is 0 Å². The van der Waals surface area contributed by atoms with Gasteiger partial charge in [0.25, 0.3) is 0 Å². The number of hydrogen-bond acceptors (Lipinski definition) is 3. The molecule has 7 heteroatoms. The van der Waals surface area contributed by atoms with Crippen molar-refractivity contribution in [3.63, 3.8) is 0 Å². The first-order chi connectivity index (χ1) is 13.9. The van der Waals surface area contributed by atoms with Crippen molar-refractivity contribution in [1.29, 1.82) is 0 Å². The van der Waals surface area contributed by atoms with E-state index in [0.717, 1.165) is 32.1 Å². The second-order valence-corrected chi connectivity index (χ2v) is 7.82. The van der Waals surface area contributed by atoms with E-state index >= 15 is 0 Å². The number of hydrogen-bond donors (Lipinski definition) is 0. The summed E-state index contributed by atoms with van der Waals surface area (Å²) in [4.78, 5) is 0. The second kappa shape index (κ2) is 10.2. The molecule has 0 amide bonds. The molecule has 0 aliphatic heterocycles. The Balaban J connectivity index is 1.63. The smallest absolute Gasteiger partial charge is 0.490 e. The molecule has 0 radical (unpaired) electrons. The number of alkyl halides is 3. The third-order valence-electron chi connectivity index (χ3n) is 5.64. The summed E-state index contributed by atoms with van der Waals surface area (Å²) < 4.78 is 67.7. The summed E-state index contributed by atoms with van der Waals surface area (Å²) in [6.45, 7) is 0.309. The van der Waals surface area contributed by atoms with Crippen molar-refractivity contribution < 1.29 is 31.8 Å². The molecule has 0 bridgehead atoms. The third kappa shape index (κ3) is 6.82. The predicted molar refractivity (Wildman–Crippen MR) is 102 cm³/mol. The van der Waals surface area contributed by atoms with Crippen LogP contribution in [0.5, 0.6) is 17.2 Å². The van der Waals surface area contributed by atoms with E-state index in [0.29, 0.717) is 11.8 Å². The number of ether oxygens (including phenoxy) is 3. The average molecular weight is 416 g/mol. The molecule has 29 heavy (non-hydrogen) atoms. The Kier molecular flexibility index (Phi) is 7.67. The number of halogens is 4. The van der Waals surface area contributed by atoms with E-state index in [2.05, 4.69) is 4.74 Å². The van der Waals surface area contributed by atoms with Gasteiger partial charge in [-0.1, -0.05) is 50.7 Å². The molecule has 1 aromatic carbocycles.